The maximum absolute atomic E-state index is 6.45. The summed E-state index contributed by atoms with van der Waals surface area (Å²) in [5, 5.41) is 5.50. The van der Waals surface area contributed by atoms with Crippen molar-refractivity contribution in [1.82, 2.24) is 10.2 Å². The van der Waals surface area contributed by atoms with Crippen molar-refractivity contribution >= 4 is 40.5 Å². The van der Waals surface area contributed by atoms with Crippen LogP contribution in [0.3, 0.4) is 0 Å². The number of benzene rings is 2. The third kappa shape index (κ3) is 5.35. The van der Waals surface area contributed by atoms with Gasteiger partial charge in [0.1, 0.15) is 6.10 Å². The van der Waals surface area contributed by atoms with Gasteiger partial charge in [-0.1, -0.05) is 53.5 Å². The molecule has 1 aliphatic heterocycles. The van der Waals surface area contributed by atoms with Crippen LogP contribution in [0.4, 0.5) is 0 Å². The summed E-state index contributed by atoms with van der Waals surface area (Å²) in [6.45, 7) is 7.82. The molecular formula is C21H24Cl2N2OS. The van der Waals surface area contributed by atoms with Gasteiger partial charge in [0, 0.05) is 34.2 Å². The molecule has 0 spiro atoms. The van der Waals surface area contributed by atoms with Gasteiger partial charge in [0.15, 0.2) is 5.11 Å². The fourth-order valence-corrected chi connectivity index (χ4v) is 3.76. The van der Waals surface area contributed by atoms with Crippen molar-refractivity contribution in [3.8, 4) is 0 Å². The van der Waals surface area contributed by atoms with E-state index in [0.717, 1.165) is 29.3 Å². The molecule has 0 aliphatic carbocycles. The van der Waals surface area contributed by atoms with Crippen LogP contribution in [0.25, 0.3) is 0 Å². The van der Waals surface area contributed by atoms with E-state index in [2.05, 4.69) is 31.0 Å². The highest BCUT2D eigenvalue weighted by Gasteiger charge is 2.33. The first-order chi connectivity index (χ1) is 12.7. The summed E-state index contributed by atoms with van der Waals surface area (Å²) in [4.78, 5) is 2.12. The van der Waals surface area contributed by atoms with Crippen LogP contribution in [0.15, 0.2) is 48.5 Å². The smallest absolute Gasteiger partial charge is 0.169 e. The van der Waals surface area contributed by atoms with Gasteiger partial charge in [-0.2, -0.15) is 0 Å². The lowest BCUT2D eigenvalue weighted by molar-refractivity contribution is -0.0576. The lowest BCUT2D eigenvalue weighted by atomic mass is 10.0. The van der Waals surface area contributed by atoms with Gasteiger partial charge in [-0.15, -0.1) is 0 Å². The lowest BCUT2D eigenvalue weighted by Crippen LogP contribution is -2.60. The number of rotatable bonds is 4. The molecule has 1 N–H and O–H groups in total. The highest BCUT2D eigenvalue weighted by molar-refractivity contribution is 7.80. The van der Waals surface area contributed by atoms with Crippen molar-refractivity contribution in [1.29, 1.82) is 0 Å². The van der Waals surface area contributed by atoms with Crippen LogP contribution in [-0.2, 0) is 4.74 Å². The van der Waals surface area contributed by atoms with Gasteiger partial charge >= 0.3 is 0 Å². The maximum atomic E-state index is 6.45. The monoisotopic (exact) mass is 422 g/mol. The van der Waals surface area contributed by atoms with Crippen molar-refractivity contribution in [3.63, 3.8) is 0 Å². The number of nitrogens with zero attached hydrogens (tertiary/aromatic N) is 1. The summed E-state index contributed by atoms with van der Waals surface area (Å²) in [6, 6.07) is 15.5. The molecule has 1 heterocycles. The molecule has 0 amide bonds. The first-order valence-electron chi connectivity index (χ1n) is 8.95. The second kappa shape index (κ2) is 8.36. The Kier molecular flexibility index (Phi) is 6.32. The SMILES string of the molecule is CC(C)(C)NC(=S)N1CC(O[C@@H](c2ccc(Cl)cc2)c2ccccc2Cl)C1. The predicted molar refractivity (Wildman–Crippen MR) is 117 cm³/mol. The Balaban J connectivity index is 1.72. The molecule has 1 atom stereocenters. The molecule has 144 valence electrons. The van der Waals surface area contributed by atoms with Gasteiger partial charge in [-0.25, -0.2) is 0 Å². The van der Waals surface area contributed by atoms with E-state index < -0.39 is 0 Å². The number of halogens is 2. The summed E-state index contributed by atoms with van der Waals surface area (Å²) in [6.07, 6.45) is -0.158. The minimum atomic E-state index is -0.243. The molecule has 0 saturated carbocycles. The second-order valence-electron chi connectivity index (χ2n) is 7.80. The van der Waals surface area contributed by atoms with Gasteiger partial charge < -0.3 is 15.0 Å². The first kappa shape index (κ1) is 20.4. The van der Waals surface area contributed by atoms with Crippen LogP contribution in [0.2, 0.25) is 10.0 Å². The molecule has 3 nitrogen and oxygen atoms in total. The average molecular weight is 423 g/mol. The summed E-state index contributed by atoms with van der Waals surface area (Å²) < 4.78 is 6.43. The number of likely N-dealkylation sites (tertiary alicyclic amines) is 1. The van der Waals surface area contributed by atoms with Crippen molar-refractivity contribution in [2.75, 3.05) is 13.1 Å². The number of hydrogen-bond acceptors (Lipinski definition) is 2. The third-order valence-electron chi connectivity index (χ3n) is 4.31. The van der Waals surface area contributed by atoms with Crippen molar-refractivity contribution in [3.05, 3.63) is 69.7 Å². The zero-order chi connectivity index (χ0) is 19.6. The average Bonchev–Trinajstić information content (AvgIpc) is 2.54. The molecule has 1 aliphatic rings. The summed E-state index contributed by atoms with van der Waals surface area (Å²) >= 11 is 18.0. The van der Waals surface area contributed by atoms with E-state index in [0.29, 0.717) is 10.0 Å². The highest BCUT2D eigenvalue weighted by atomic mass is 35.5. The Morgan fingerprint density at radius 2 is 1.74 bits per heavy atom. The van der Waals surface area contributed by atoms with E-state index >= 15 is 0 Å². The molecule has 1 fully saturated rings. The standard InChI is InChI=1S/C21H24Cl2N2OS/c1-21(2,3)24-20(27)25-12-16(13-25)26-19(14-8-10-15(22)11-9-14)17-6-4-5-7-18(17)23/h4-11,16,19H,12-13H2,1-3H3,(H,24,27)/t19-/m0/s1. The molecule has 0 aromatic heterocycles. The number of hydrogen-bond donors (Lipinski definition) is 1. The van der Waals surface area contributed by atoms with Crippen molar-refractivity contribution < 1.29 is 4.74 Å². The van der Waals surface area contributed by atoms with Crippen LogP contribution in [-0.4, -0.2) is 34.7 Å². The Bertz CT molecular complexity index is 799. The zero-order valence-electron chi connectivity index (χ0n) is 15.7. The van der Waals surface area contributed by atoms with Crippen LogP contribution in [0.1, 0.15) is 38.0 Å². The second-order valence-corrected chi connectivity index (χ2v) is 9.03. The highest BCUT2D eigenvalue weighted by Crippen LogP contribution is 2.34. The number of nitrogens with one attached hydrogen (secondary N) is 1. The van der Waals surface area contributed by atoms with Gasteiger partial charge in [0.25, 0.3) is 0 Å². The largest absolute Gasteiger partial charge is 0.362 e. The molecular weight excluding hydrogens is 399 g/mol. The number of ether oxygens (including phenoxy) is 1. The topological polar surface area (TPSA) is 24.5 Å². The van der Waals surface area contributed by atoms with E-state index in [-0.39, 0.29) is 17.7 Å². The van der Waals surface area contributed by atoms with Crippen LogP contribution < -0.4 is 5.32 Å². The quantitative estimate of drug-likeness (QED) is 0.661. The molecule has 2 aromatic carbocycles. The van der Waals surface area contributed by atoms with E-state index in [9.17, 15) is 0 Å². The van der Waals surface area contributed by atoms with E-state index in [1.165, 1.54) is 0 Å². The van der Waals surface area contributed by atoms with Crippen LogP contribution in [0.5, 0.6) is 0 Å². The van der Waals surface area contributed by atoms with Crippen molar-refractivity contribution in [2.45, 2.75) is 38.5 Å². The predicted octanol–water partition coefficient (Wildman–Crippen LogP) is 5.46. The van der Waals surface area contributed by atoms with E-state index in [4.69, 9.17) is 40.2 Å². The first-order valence-corrected chi connectivity index (χ1v) is 10.1. The maximum Gasteiger partial charge on any atom is 0.169 e. The summed E-state index contributed by atoms with van der Waals surface area (Å²) in [5.41, 5.74) is 1.93. The Labute approximate surface area is 176 Å². The Morgan fingerprint density at radius 3 is 2.33 bits per heavy atom. The molecule has 0 unspecified atom stereocenters. The van der Waals surface area contributed by atoms with Gasteiger partial charge in [-0.05, 0) is 56.8 Å². The summed E-state index contributed by atoms with van der Waals surface area (Å²) in [7, 11) is 0. The van der Waals surface area contributed by atoms with Crippen LogP contribution >= 0.6 is 35.4 Å². The third-order valence-corrected chi connectivity index (χ3v) is 5.26. The van der Waals surface area contributed by atoms with Gasteiger partial charge in [0.05, 0.1) is 6.10 Å². The van der Waals surface area contributed by atoms with Crippen LogP contribution in [0, 0.1) is 0 Å². The summed E-state index contributed by atoms with van der Waals surface area (Å²) in [5.74, 6) is 0. The van der Waals surface area contributed by atoms with E-state index in [1.54, 1.807) is 0 Å². The lowest BCUT2D eigenvalue weighted by Gasteiger charge is -2.43. The molecule has 6 heteroatoms. The normalized spacial score (nSPS) is 16.0. The van der Waals surface area contributed by atoms with E-state index in [1.807, 2.05) is 48.5 Å². The molecule has 2 aromatic rings. The van der Waals surface area contributed by atoms with Crippen molar-refractivity contribution in [2.24, 2.45) is 0 Å². The molecule has 0 bridgehead atoms. The minimum absolute atomic E-state index is 0.0492. The minimum Gasteiger partial charge on any atom is -0.362 e. The Hall–Kier alpha value is -1.33. The molecule has 3 rings (SSSR count). The fourth-order valence-electron chi connectivity index (χ4n) is 2.94. The Morgan fingerprint density at radius 1 is 1.11 bits per heavy atom. The van der Waals surface area contributed by atoms with Gasteiger partial charge in [-0.3, -0.25) is 0 Å². The fraction of sp³-hybridized carbons (Fsp3) is 0.381. The zero-order valence-corrected chi connectivity index (χ0v) is 18.0. The molecule has 1 saturated heterocycles. The number of thiocarbonyl (C=S) groups is 1. The molecule has 27 heavy (non-hydrogen) atoms. The van der Waals surface area contributed by atoms with Gasteiger partial charge in [0.2, 0.25) is 0 Å². The molecule has 0 radical (unpaired) electrons.